The Labute approximate surface area is 106 Å². The molecular weight excluding hydrogens is 256 g/mol. The van der Waals surface area contributed by atoms with Crippen LogP contribution in [0, 0.1) is 0 Å². The van der Waals surface area contributed by atoms with E-state index in [1.54, 1.807) is 19.1 Å². The molecule has 2 nitrogen and oxygen atoms in total. The van der Waals surface area contributed by atoms with Crippen LogP contribution in [0.2, 0.25) is 0 Å². The second-order valence-electron chi connectivity index (χ2n) is 3.81. The number of benzene rings is 2. The van der Waals surface area contributed by atoms with E-state index < -0.39 is 9.84 Å². The molecular formula is C13H13ClO2S. The molecule has 90 valence electrons. The maximum Gasteiger partial charge on any atom is 0.178 e. The molecule has 0 saturated carbocycles. The van der Waals surface area contributed by atoms with Crippen LogP contribution < -0.4 is 0 Å². The zero-order chi connectivity index (χ0) is 12.5. The van der Waals surface area contributed by atoms with Gasteiger partial charge in [-0.25, -0.2) is 8.42 Å². The summed E-state index contributed by atoms with van der Waals surface area (Å²) in [7, 11) is -3.19. The molecule has 0 fully saturated rings. The normalized spacial score (nSPS) is 11.9. The highest BCUT2D eigenvalue weighted by Gasteiger charge is 2.16. The molecule has 2 aromatic rings. The molecule has 2 aromatic carbocycles. The molecule has 0 saturated heterocycles. The van der Waals surface area contributed by atoms with Gasteiger partial charge in [0.05, 0.1) is 10.6 Å². The Balaban J connectivity index is 2.85. The fraction of sp³-hybridized carbons (Fsp3) is 0.231. The van der Waals surface area contributed by atoms with Crippen LogP contribution in [0.15, 0.2) is 41.3 Å². The first kappa shape index (κ1) is 12.4. The maximum atomic E-state index is 12.0. The van der Waals surface area contributed by atoms with Crippen molar-refractivity contribution < 1.29 is 8.42 Å². The minimum absolute atomic E-state index is 0.108. The van der Waals surface area contributed by atoms with Gasteiger partial charge in [0, 0.05) is 11.3 Å². The summed E-state index contributed by atoms with van der Waals surface area (Å²) in [5, 5.41) is 1.67. The minimum Gasteiger partial charge on any atom is -0.224 e. The van der Waals surface area contributed by atoms with Crippen LogP contribution in [0.4, 0.5) is 0 Å². The average Bonchev–Trinajstić information content (AvgIpc) is 2.37. The van der Waals surface area contributed by atoms with Gasteiger partial charge < -0.3 is 0 Å². The summed E-state index contributed by atoms with van der Waals surface area (Å²) in [4.78, 5) is 0.393. The molecule has 0 unspecified atom stereocenters. The van der Waals surface area contributed by atoms with Crippen molar-refractivity contribution in [1.29, 1.82) is 0 Å². The predicted molar refractivity (Wildman–Crippen MR) is 71.2 cm³/mol. The van der Waals surface area contributed by atoms with E-state index in [0.717, 1.165) is 16.3 Å². The van der Waals surface area contributed by atoms with Gasteiger partial charge in [0.15, 0.2) is 9.84 Å². The van der Waals surface area contributed by atoms with E-state index in [4.69, 9.17) is 11.6 Å². The molecule has 0 atom stereocenters. The molecule has 0 aliphatic heterocycles. The third kappa shape index (κ3) is 2.17. The van der Waals surface area contributed by atoms with Crippen LogP contribution in [0.1, 0.15) is 12.5 Å². The van der Waals surface area contributed by atoms with Crippen LogP contribution in [0.5, 0.6) is 0 Å². The molecule has 0 bridgehead atoms. The highest BCUT2D eigenvalue weighted by Crippen LogP contribution is 2.27. The number of sulfone groups is 1. The van der Waals surface area contributed by atoms with Gasteiger partial charge in [0.2, 0.25) is 0 Å². The monoisotopic (exact) mass is 268 g/mol. The summed E-state index contributed by atoms with van der Waals surface area (Å²) in [5.41, 5.74) is 0.956. The molecule has 0 aliphatic rings. The van der Waals surface area contributed by atoms with Crippen LogP contribution in [0.3, 0.4) is 0 Å². The van der Waals surface area contributed by atoms with E-state index in [9.17, 15) is 8.42 Å². The summed E-state index contributed by atoms with van der Waals surface area (Å²) in [6.45, 7) is 1.65. The second kappa shape index (κ2) is 4.67. The lowest BCUT2D eigenvalue weighted by Gasteiger charge is -2.09. The van der Waals surface area contributed by atoms with Gasteiger partial charge in [0.25, 0.3) is 0 Å². The van der Waals surface area contributed by atoms with Crippen molar-refractivity contribution in [3.05, 3.63) is 42.0 Å². The first-order chi connectivity index (χ1) is 8.10. The first-order valence-corrected chi connectivity index (χ1v) is 7.58. The molecule has 2 rings (SSSR count). The van der Waals surface area contributed by atoms with E-state index in [0.29, 0.717) is 10.8 Å². The zero-order valence-corrected chi connectivity index (χ0v) is 11.1. The minimum atomic E-state index is -3.19. The molecule has 0 spiro atoms. The van der Waals surface area contributed by atoms with Gasteiger partial charge in [-0.1, -0.05) is 37.3 Å². The fourth-order valence-electron chi connectivity index (χ4n) is 1.88. The number of hydrogen-bond acceptors (Lipinski definition) is 2. The van der Waals surface area contributed by atoms with Crippen LogP contribution in [-0.2, 0) is 15.7 Å². The topological polar surface area (TPSA) is 34.1 Å². The van der Waals surface area contributed by atoms with Gasteiger partial charge in [-0.15, -0.1) is 11.6 Å². The predicted octanol–water partition coefficient (Wildman–Crippen LogP) is 3.37. The van der Waals surface area contributed by atoms with Gasteiger partial charge >= 0.3 is 0 Å². The summed E-state index contributed by atoms with van der Waals surface area (Å²) in [6.07, 6.45) is 0. The largest absolute Gasteiger partial charge is 0.224 e. The SMILES string of the molecule is CCS(=O)(=O)c1ccc(CCl)c2ccccc12. The highest BCUT2D eigenvalue weighted by atomic mass is 35.5. The Morgan fingerprint density at radius 1 is 1.06 bits per heavy atom. The first-order valence-electron chi connectivity index (χ1n) is 5.39. The molecule has 0 amide bonds. The second-order valence-corrected chi connectivity index (χ2v) is 6.32. The molecule has 4 heteroatoms. The lowest BCUT2D eigenvalue weighted by atomic mass is 10.1. The highest BCUT2D eigenvalue weighted by molar-refractivity contribution is 7.91. The summed E-state index contributed by atoms with van der Waals surface area (Å²) in [5.74, 6) is 0.490. The van der Waals surface area contributed by atoms with Crippen molar-refractivity contribution in [3.8, 4) is 0 Å². The fourth-order valence-corrected chi connectivity index (χ4v) is 3.21. The van der Waals surface area contributed by atoms with Gasteiger partial charge in [-0.05, 0) is 17.0 Å². The average molecular weight is 269 g/mol. The van der Waals surface area contributed by atoms with Crippen LogP contribution >= 0.6 is 11.6 Å². The summed E-state index contributed by atoms with van der Waals surface area (Å²) in [6, 6.07) is 10.9. The van der Waals surface area contributed by atoms with E-state index in [2.05, 4.69) is 0 Å². The Hall–Kier alpha value is -1.06. The lowest BCUT2D eigenvalue weighted by molar-refractivity contribution is 0.598. The van der Waals surface area contributed by atoms with Crippen molar-refractivity contribution in [3.63, 3.8) is 0 Å². The Bertz CT molecular complexity index is 648. The third-order valence-electron chi connectivity index (χ3n) is 2.83. The van der Waals surface area contributed by atoms with Gasteiger partial charge in [-0.3, -0.25) is 0 Å². The molecule has 17 heavy (non-hydrogen) atoms. The quantitative estimate of drug-likeness (QED) is 0.800. The summed E-state index contributed by atoms with van der Waals surface area (Å²) < 4.78 is 24.0. The number of hydrogen-bond donors (Lipinski definition) is 0. The van der Waals surface area contributed by atoms with E-state index in [1.807, 2.05) is 24.3 Å². The standard InChI is InChI=1S/C13H13ClO2S/c1-2-17(15,16)13-8-7-10(9-14)11-5-3-4-6-12(11)13/h3-8H,2,9H2,1H3. The van der Waals surface area contributed by atoms with Crippen LogP contribution in [0.25, 0.3) is 10.8 Å². The molecule has 0 N–H and O–H groups in total. The molecule has 0 aromatic heterocycles. The summed E-state index contributed by atoms with van der Waals surface area (Å²) >= 11 is 5.86. The number of halogens is 1. The molecule has 0 radical (unpaired) electrons. The Morgan fingerprint density at radius 2 is 1.71 bits per heavy atom. The smallest absolute Gasteiger partial charge is 0.178 e. The van der Waals surface area contributed by atoms with Crippen molar-refractivity contribution in [2.45, 2.75) is 17.7 Å². The maximum absolute atomic E-state index is 12.0. The Morgan fingerprint density at radius 3 is 2.29 bits per heavy atom. The van der Waals surface area contributed by atoms with Crippen molar-refractivity contribution >= 4 is 32.2 Å². The molecule has 0 heterocycles. The van der Waals surface area contributed by atoms with E-state index in [1.165, 1.54) is 0 Å². The van der Waals surface area contributed by atoms with E-state index >= 15 is 0 Å². The van der Waals surface area contributed by atoms with Crippen LogP contribution in [-0.4, -0.2) is 14.2 Å². The van der Waals surface area contributed by atoms with E-state index in [-0.39, 0.29) is 5.75 Å². The molecule has 0 aliphatic carbocycles. The van der Waals surface area contributed by atoms with Gasteiger partial charge in [-0.2, -0.15) is 0 Å². The Kier molecular flexibility index (Phi) is 3.40. The number of fused-ring (bicyclic) bond motifs is 1. The lowest BCUT2D eigenvalue weighted by Crippen LogP contribution is -2.04. The number of rotatable bonds is 3. The number of alkyl halides is 1. The van der Waals surface area contributed by atoms with Gasteiger partial charge in [0.1, 0.15) is 0 Å². The zero-order valence-electron chi connectivity index (χ0n) is 9.48. The van der Waals surface area contributed by atoms with Crippen molar-refractivity contribution in [2.24, 2.45) is 0 Å². The third-order valence-corrected chi connectivity index (χ3v) is 4.91. The van der Waals surface area contributed by atoms with Crippen molar-refractivity contribution in [2.75, 3.05) is 5.75 Å². The van der Waals surface area contributed by atoms with Crippen molar-refractivity contribution in [1.82, 2.24) is 0 Å².